The highest BCUT2D eigenvalue weighted by Gasteiger charge is 2.00. The molecular weight excluding hydrogens is 224 g/mol. The molecule has 0 amide bonds. The molecule has 6 heteroatoms. The molecular formula is C8H13ClN2O2S. The van der Waals surface area contributed by atoms with E-state index in [4.69, 9.17) is 5.14 Å². The van der Waals surface area contributed by atoms with Crippen molar-refractivity contribution in [3.8, 4) is 0 Å². The first-order chi connectivity index (χ1) is 5.97. The molecule has 80 valence electrons. The van der Waals surface area contributed by atoms with Crippen LogP contribution in [0.15, 0.2) is 24.3 Å². The molecule has 3 N–H and O–H groups in total. The Morgan fingerprint density at radius 3 is 2.57 bits per heavy atom. The SMILES string of the molecule is Cc1cccc(CNS(N)(=O)=O)c1.Cl. The van der Waals surface area contributed by atoms with Crippen LogP contribution in [0, 0.1) is 6.92 Å². The van der Waals surface area contributed by atoms with Gasteiger partial charge >= 0.3 is 0 Å². The van der Waals surface area contributed by atoms with E-state index in [1.54, 1.807) is 0 Å². The number of hydrogen-bond acceptors (Lipinski definition) is 2. The molecule has 0 saturated heterocycles. The van der Waals surface area contributed by atoms with Crippen molar-refractivity contribution >= 4 is 22.6 Å². The van der Waals surface area contributed by atoms with Crippen molar-refractivity contribution in [2.75, 3.05) is 0 Å². The second-order valence-electron chi connectivity index (χ2n) is 2.86. The lowest BCUT2D eigenvalue weighted by atomic mass is 10.1. The minimum absolute atomic E-state index is 0. The summed E-state index contributed by atoms with van der Waals surface area (Å²) in [5.41, 5.74) is 1.99. The molecule has 0 spiro atoms. The quantitative estimate of drug-likeness (QED) is 0.812. The molecule has 0 unspecified atom stereocenters. The van der Waals surface area contributed by atoms with Crippen molar-refractivity contribution in [1.29, 1.82) is 0 Å². The lowest BCUT2D eigenvalue weighted by Gasteiger charge is -2.02. The smallest absolute Gasteiger partial charge is 0.216 e. The Hall–Kier alpha value is -0.620. The molecule has 0 saturated carbocycles. The number of hydrogen-bond donors (Lipinski definition) is 2. The Bertz CT molecular complexity index is 392. The second-order valence-corrected chi connectivity index (χ2v) is 4.23. The van der Waals surface area contributed by atoms with E-state index in [-0.39, 0.29) is 19.0 Å². The molecule has 0 radical (unpaired) electrons. The molecule has 0 aliphatic carbocycles. The van der Waals surface area contributed by atoms with E-state index < -0.39 is 10.2 Å². The van der Waals surface area contributed by atoms with Crippen molar-refractivity contribution in [3.63, 3.8) is 0 Å². The predicted octanol–water partition coefficient (Wildman–Crippen LogP) is 0.710. The van der Waals surface area contributed by atoms with Crippen LogP contribution in [0.3, 0.4) is 0 Å². The maximum absolute atomic E-state index is 10.6. The summed E-state index contributed by atoms with van der Waals surface area (Å²) in [6.07, 6.45) is 0. The fourth-order valence-corrected chi connectivity index (χ4v) is 1.37. The van der Waals surface area contributed by atoms with Crippen LogP contribution < -0.4 is 9.86 Å². The van der Waals surface area contributed by atoms with E-state index in [0.717, 1.165) is 11.1 Å². The first-order valence-electron chi connectivity index (χ1n) is 3.80. The summed E-state index contributed by atoms with van der Waals surface area (Å²) < 4.78 is 23.3. The summed E-state index contributed by atoms with van der Waals surface area (Å²) >= 11 is 0. The van der Waals surface area contributed by atoms with Crippen molar-refractivity contribution < 1.29 is 8.42 Å². The number of rotatable bonds is 3. The Labute approximate surface area is 90.1 Å². The Balaban J connectivity index is 0.00000169. The Morgan fingerprint density at radius 1 is 1.43 bits per heavy atom. The number of aryl methyl sites for hydroxylation is 1. The average Bonchev–Trinajstić information content (AvgIpc) is 2.00. The van der Waals surface area contributed by atoms with Gasteiger partial charge in [0.15, 0.2) is 0 Å². The van der Waals surface area contributed by atoms with Gasteiger partial charge in [-0.3, -0.25) is 0 Å². The van der Waals surface area contributed by atoms with Crippen LogP contribution in [0.1, 0.15) is 11.1 Å². The Morgan fingerprint density at radius 2 is 2.07 bits per heavy atom. The van der Waals surface area contributed by atoms with Crippen LogP contribution in [0.4, 0.5) is 0 Å². The zero-order valence-electron chi connectivity index (χ0n) is 7.73. The van der Waals surface area contributed by atoms with Crippen LogP contribution in [0.25, 0.3) is 0 Å². The number of nitrogens with two attached hydrogens (primary N) is 1. The van der Waals surface area contributed by atoms with Gasteiger partial charge in [0.2, 0.25) is 0 Å². The number of halogens is 1. The first-order valence-corrected chi connectivity index (χ1v) is 5.35. The van der Waals surface area contributed by atoms with Crippen LogP contribution in [0.2, 0.25) is 0 Å². The van der Waals surface area contributed by atoms with E-state index in [1.807, 2.05) is 31.2 Å². The summed E-state index contributed by atoms with van der Waals surface area (Å²) in [5, 5.41) is 4.78. The molecule has 14 heavy (non-hydrogen) atoms. The number of benzene rings is 1. The van der Waals surface area contributed by atoms with Gasteiger partial charge < -0.3 is 0 Å². The zero-order chi connectivity index (χ0) is 9.90. The Kier molecular flexibility index (Phi) is 5.07. The van der Waals surface area contributed by atoms with Gasteiger partial charge in [-0.05, 0) is 12.5 Å². The van der Waals surface area contributed by atoms with E-state index in [9.17, 15) is 8.42 Å². The minimum Gasteiger partial charge on any atom is -0.216 e. The average molecular weight is 237 g/mol. The van der Waals surface area contributed by atoms with Gasteiger partial charge in [-0.2, -0.15) is 13.1 Å². The van der Waals surface area contributed by atoms with Crippen LogP contribution in [0.5, 0.6) is 0 Å². The standard InChI is InChI=1S/C8H12N2O2S.ClH/c1-7-3-2-4-8(5-7)6-10-13(9,11)12;/h2-5,10H,6H2,1H3,(H2,9,11,12);1H. The maximum atomic E-state index is 10.6. The first kappa shape index (κ1) is 13.4. The van der Waals surface area contributed by atoms with Gasteiger partial charge in [0.05, 0.1) is 0 Å². The highest BCUT2D eigenvalue weighted by Crippen LogP contribution is 2.03. The topological polar surface area (TPSA) is 72.2 Å². The largest absolute Gasteiger partial charge is 0.274 e. The fourth-order valence-electron chi connectivity index (χ4n) is 1.01. The lowest BCUT2D eigenvalue weighted by molar-refractivity contribution is 0.583. The van der Waals surface area contributed by atoms with Crippen LogP contribution in [-0.2, 0) is 16.8 Å². The van der Waals surface area contributed by atoms with Gasteiger partial charge in [-0.25, -0.2) is 5.14 Å². The molecule has 1 rings (SSSR count). The molecule has 0 bridgehead atoms. The minimum atomic E-state index is -3.59. The molecule has 1 aromatic carbocycles. The second kappa shape index (κ2) is 5.31. The van der Waals surface area contributed by atoms with Gasteiger partial charge in [-0.15, -0.1) is 12.4 Å². The predicted molar refractivity (Wildman–Crippen MR) is 58.4 cm³/mol. The monoisotopic (exact) mass is 236 g/mol. The molecule has 1 aromatic rings. The highest BCUT2D eigenvalue weighted by atomic mass is 35.5. The summed E-state index contributed by atoms with van der Waals surface area (Å²) in [7, 11) is -3.59. The molecule has 0 fully saturated rings. The van der Waals surface area contributed by atoms with Gasteiger partial charge in [0.25, 0.3) is 10.2 Å². The van der Waals surface area contributed by atoms with E-state index in [1.165, 1.54) is 0 Å². The summed E-state index contributed by atoms with van der Waals surface area (Å²) in [6.45, 7) is 2.18. The number of nitrogens with one attached hydrogen (secondary N) is 1. The van der Waals surface area contributed by atoms with E-state index in [0.29, 0.717) is 0 Å². The fraction of sp³-hybridized carbons (Fsp3) is 0.250. The molecule has 0 heterocycles. The molecule has 0 aromatic heterocycles. The van der Waals surface area contributed by atoms with Gasteiger partial charge in [0.1, 0.15) is 0 Å². The summed E-state index contributed by atoms with van der Waals surface area (Å²) in [6, 6.07) is 7.55. The normalized spacial score (nSPS) is 10.7. The van der Waals surface area contributed by atoms with Crippen molar-refractivity contribution in [2.45, 2.75) is 13.5 Å². The van der Waals surface area contributed by atoms with Gasteiger partial charge in [-0.1, -0.05) is 29.8 Å². The summed E-state index contributed by atoms with van der Waals surface area (Å²) in [4.78, 5) is 0. The third-order valence-corrected chi connectivity index (χ3v) is 2.11. The zero-order valence-corrected chi connectivity index (χ0v) is 9.36. The molecule has 0 atom stereocenters. The molecule has 4 nitrogen and oxygen atoms in total. The van der Waals surface area contributed by atoms with Crippen LogP contribution in [-0.4, -0.2) is 8.42 Å². The third kappa shape index (κ3) is 5.18. The van der Waals surface area contributed by atoms with Crippen molar-refractivity contribution in [3.05, 3.63) is 35.4 Å². The lowest BCUT2D eigenvalue weighted by Crippen LogP contribution is -2.30. The molecule has 0 aliphatic rings. The summed E-state index contributed by atoms with van der Waals surface area (Å²) in [5.74, 6) is 0. The molecule has 0 aliphatic heterocycles. The van der Waals surface area contributed by atoms with Crippen molar-refractivity contribution in [1.82, 2.24) is 4.72 Å². The highest BCUT2D eigenvalue weighted by molar-refractivity contribution is 7.87. The van der Waals surface area contributed by atoms with Crippen molar-refractivity contribution in [2.24, 2.45) is 5.14 Å². The van der Waals surface area contributed by atoms with E-state index in [2.05, 4.69) is 4.72 Å². The van der Waals surface area contributed by atoms with E-state index >= 15 is 0 Å². The van der Waals surface area contributed by atoms with Gasteiger partial charge in [0, 0.05) is 6.54 Å². The maximum Gasteiger partial charge on any atom is 0.274 e. The van der Waals surface area contributed by atoms with Crippen LogP contribution >= 0.6 is 12.4 Å². The third-order valence-electron chi connectivity index (χ3n) is 1.56.